The normalized spacial score (nSPS) is 12.2. The van der Waals surface area contributed by atoms with Crippen LogP contribution in [0.3, 0.4) is 0 Å². The van der Waals surface area contributed by atoms with Gasteiger partial charge in [0.25, 0.3) is 0 Å². The molecule has 0 saturated heterocycles. The molecule has 0 saturated carbocycles. The van der Waals surface area contributed by atoms with Gasteiger partial charge >= 0.3 is 39.7 Å². The molecule has 1 aliphatic rings. The molecule has 0 aliphatic heterocycles. The number of aliphatic hydroxyl groups excluding tert-OH is 1. The Kier molecular flexibility index (Phi) is 12.1. The first-order valence-corrected chi connectivity index (χ1v) is 5.60. The number of hydrogen-bond acceptors (Lipinski definition) is 7. The number of nitrogens with zero attached hydrogens (tertiary/aromatic N) is 1. The van der Waals surface area contributed by atoms with Gasteiger partial charge in [-0.1, -0.05) is 5.73 Å². The zero-order valence-corrected chi connectivity index (χ0v) is 17.6. The van der Waals surface area contributed by atoms with Crippen molar-refractivity contribution in [2.45, 2.75) is 13.8 Å². The second-order valence-corrected chi connectivity index (χ2v) is 3.60. The topological polar surface area (TPSA) is 130 Å². The summed E-state index contributed by atoms with van der Waals surface area (Å²) in [7, 11) is 0. The van der Waals surface area contributed by atoms with Crippen LogP contribution in [-0.4, -0.2) is 28.6 Å². The molecule has 0 unspecified atom stereocenters. The molecule has 0 amide bonds. The van der Waals surface area contributed by atoms with Gasteiger partial charge in [-0.25, -0.2) is 0 Å². The van der Waals surface area contributed by atoms with Crippen LogP contribution in [0.15, 0.2) is 41.4 Å². The quantitative estimate of drug-likeness (QED) is 0.141. The number of allylic oxidation sites excluding steroid dienone is 2. The summed E-state index contributed by atoms with van der Waals surface area (Å²) in [6, 6.07) is -0.0476. The third-order valence-corrected chi connectivity index (χ3v) is 1.77. The van der Waals surface area contributed by atoms with Gasteiger partial charge in [-0.2, -0.15) is 0 Å². The Hall–Kier alpha value is -1.76. The zero-order chi connectivity index (χ0) is 16.4. The maximum Gasteiger partial charge on any atom is 1.00 e. The van der Waals surface area contributed by atoms with Gasteiger partial charge in [0.05, 0.1) is 0 Å². The molecule has 8 nitrogen and oxygen atoms in total. The molecular formula is C13H13HgNO7. The number of carbonyl (C=O) groups is 2. The first-order chi connectivity index (χ1) is 9.76. The Morgan fingerprint density at radius 2 is 1.73 bits per heavy atom. The largest absolute Gasteiger partial charge is 1.00 e. The van der Waals surface area contributed by atoms with Gasteiger partial charge < -0.3 is 19.7 Å². The molecule has 1 aliphatic carbocycles. The predicted octanol–water partition coefficient (Wildman–Crippen LogP) is -0.361. The van der Waals surface area contributed by atoms with Crippen LogP contribution < -0.4 is 5.11 Å². The second-order valence-electron chi connectivity index (χ2n) is 3.60. The third-order valence-electron chi connectivity index (χ3n) is 1.77. The summed E-state index contributed by atoms with van der Waals surface area (Å²) in [5.41, 5.74) is 3.10. The molecule has 114 valence electrons. The zero-order valence-electron chi connectivity index (χ0n) is 12.1. The summed E-state index contributed by atoms with van der Waals surface area (Å²) in [6.45, 7) is 1.70. The summed E-state index contributed by atoms with van der Waals surface area (Å²) in [6.07, 6.45) is 5.48. The summed E-state index contributed by atoms with van der Waals surface area (Å²) in [4.78, 5) is 29.4. The van der Waals surface area contributed by atoms with Gasteiger partial charge in [-0.05, 0) is 19.1 Å². The van der Waals surface area contributed by atoms with E-state index in [2.05, 4.69) is 10.5 Å². The molecule has 0 heterocycles. The van der Waals surface area contributed by atoms with Crippen molar-refractivity contribution in [2.75, 3.05) is 6.61 Å². The van der Waals surface area contributed by atoms with E-state index in [0.717, 1.165) is 6.92 Å². The van der Waals surface area contributed by atoms with E-state index in [-0.39, 0.29) is 39.5 Å². The maximum atomic E-state index is 10.7. The summed E-state index contributed by atoms with van der Waals surface area (Å²) < 4.78 is 4.66. The molecule has 22 heavy (non-hydrogen) atoms. The summed E-state index contributed by atoms with van der Waals surface area (Å²) in [5.74, 6) is -1.69. The number of carboxylic acid groups (broad SMARTS) is 1. The van der Waals surface area contributed by atoms with Crippen molar-refractivity contribution in [3.63, 3.8) is 0 Å². The van der Waals surface area contributed by atoms with Crippen molar-refractivity contribution in [1.29, 1.82) is 0 Å². The van der Waals surface area contributed by atoms with Crippen LogP contribution in [0.5, 0.6) is 0 Å². The van der Waals surface area contributed by atoms with Crippen molar-refractivity contribution in [1.82, 2.24) is 0 Å². The average molecular weight is 496 g/mol. The first kappa shape index (κ1) is 22.5. The number of aliphatic hydroxyl groups is 1. The van der Waals surface area contributed by atoms with Crippen LogP contribution in [0.1, 0.15) is 13.8 Å². The van der Waals surface area contributed by atoms with Gasteiger partial charge in [0.1, 0.15) is 6.61 Å². The molecule has 9 heteroatoms. The first-order valence-electron chi connectivity index (χ1n) is 5.60. The molecule has 1 N–H and O–H groups in total. The van der Waals surface area contributed by atoms with Crippen LogP contribution in [0.4, 0.5) is 0 Å². The molecule has 0 spiro atoms. The Balaban J connectivity index is 0. The minimum atomic E-state index is -1.08. The van der Waals surface area contributed by atoms with Gasteiger partial charge in [-0.3, -0.25) is 14.9 Å². The van der Waals surface area contributed by atoms with E-state index in [9.17, 15) is 14.9 Å². The van der Waals surface area contributed by atoms with Crippen molar-refractivity contribution >= 4 is 11.9 Å². The molecule has 0 aromatic carbocycles. The predicted molar refractivity (Wildman–Crippen MR) is 68.6 cm³/mol. The molecular weight excluding hydrogens is 483 g/mol. The molecule has 0 aromatic rings. The Labute approximate surface area is 147 Å². The number of carbonyl (C=O) groups excluding carboxylic acids is 2. The number of hydrogen-bond donors (Lipinski definition) is 1. The number of ether oxygens (including phenoxy) is 1. The van der Waals surface area contributed by atoms with E-state index in [0.29, 0.717) is 5.57 Å². The van der Waals surface area contributed by atoms with Crippen molar-refractivity contribution in [3.8, 4) is 0 Å². The number of carboxylic acids is 1. The van der Waals surface area contributed by atoms with Crippen LogP contribution >= 0.6 is 0 Å². The van der Waals surface area contributed by atoms with E-state index in [1.807, 2.05) is 0 Å². The summed E-state index contributed by atoms with van der Waals surface area (Å²) >= 11 is 0. The van der Waals surface area contributed by atoms with Crippen molar-refractivity contribution < 1.29 is 57.1 Å². The van der Waals surface area contributed by atoms with E-state index >= 15 is 0 Å². The number of rotatable bonds is 3. The SMILES string of the molecule is CC(=O)OC(=C=C1C=C[C]([N+](=O)[O-])C=C1)CO.CC(=O)[O-].[Hg+]. The summed E-state index contributed by atoms with van der Waals surface area (Å²) in [5, 5.41) is 28.2. The van der Waals surface area contributed by atoms with Crippen molar-refractivity contribution in [3.05, 3.63) is 57.5 Å². The molecule has 2 radical (unpaired) electrons. The van der Waals surface area contributed by atoms with Gasteiger partial charge in [-0.15, -0.1) is 0 Å². The molecule has 0 aromatic heterocycles. The molecule has 0 atom stereocenters. The van der Waals surface area contributed by atoms with Crippen LogP contribution in [0.2, 0.25) is 0 Å². The van der Waals surface area contributed by atoms with E-state index in [4.69, 9.17) is 15.0 Å². The Morgan fingerprint density at radius 3 is 2.05 bits per heavy atom. The average Bonchev–Trinajstić information content (AvgIpc) is 2.37. The van der Waals surface area contributed by atoms with Crippen LogP contribution in [0, 0.1) is 16.2 Å². The fourth-order valence-electron chi connectivity index (χ4n) is 1.10. The van der Waals surface area contributed by atoms with E-state index < -0.39 is 23.5 Å². The van der Waals surface area contributed by atoms with Crippen molar-refractivity contribution in [2.24, 2.45) is 0 Å². The standard InChI is InChI=1S/C11H10NO5.C2H4O2.Hg/c1-8(14)17-11(7-13)6-9-2-4-10(5-3-9)12(15)16;1-2(3)4;/h2-5,13H,7H2,1H3;1H3,(H,3,4);/q;;+1/p-1. The van der Waals surface area contributed by atoms with Gasteiger partial charge in [0, 0.05) is 35.5 Å². The molecule has 0 bridgehead atoms. The number of esters is 1. The maximum absolute atomic E-state index is 10.7. The number of nitro groups is 1. The van der Waals surface area contributed by atoms with Crippen LogP contribution in [-0.2, 0) is 42.0 Å². The minimum Gasteiger partial charge on any atom is -0.550 e. The Morgan fingerprint density at radius 1 is 1.27 bits per heavy atom. The molecule has 1 rings (SSSR count). The molecule has 0 fully saturated rings. The Bertz CT molecular complexity index is 525. The fraction of sp³-hybridized carbons (Fsp3) is 0.231. The minimum absolute atomic E-state index is 0. The fourth-order valence-corrected chi connectivity index (χ4v) is 1.10. The van der Waals surface area contributed by atoms with E-state index in [1.165, 1.54) is 31.2 Å². The second kappa shape index (κ2) is 11.8. The smallest absolute Gasteiger partial charge is 0.550 e. The van der Waals surface area contributed by atoms with Crippen LogP contribution in [0.25, 0.3) is 0 Å². The third kappa shape index (κ3) is 11.0. The monoisotopic (exact) mass is 497 g/mol. The number of aliphatic carboxylic acids is 1. The van der Waals surface area contributed by atoms with E-state index in [1.54, 1.807) is 0 Å². The van der Waals surface area contributed by atoms with Gasteiger partial charge in [0.2, 0.25) is 0 Å². The van der Waals surface area contributed by atoms with Gasteiger partial charge in [0.15, 0.2) is 5.76 Å².